The second-order valence-corrected chi connectivity index (χ2v) is 6.14. The van der Waals surface area contributed by atoms with Crippen LogP contribution in [-0.4, -0.2) is 74.6 Å². The number of nitrogens with zero attached hydrogens (tertiary/aromatic N) is 3. The molecule has 0 saturated carbocycles. The molecule has 132 valence electrons. The maximum Gasteiger partial charge on any atom is 0.242 e. The molecule has 6 nitrogen and oxygen atoms in total. The number of ether oxygens (including phenoxy) is 1. The molecular weight excluding hydrogens is 306 g/mol. The first-order chi connectivity index (χ1) is 11.5. The van der Waals surface area contributed by atoms with Crippen molar-refractivity contribution in [1.29, 1.82) is 0 Å². The molecule has 1 aliphatic heterocycles. The van der Waals surface area contributed by atoms with Gasteiger partial charge in [0.25, 0.3) is 0 Å². The van der Waals surface area contributed by atoms with E-state index in [1.165, 1.54) is 18.2 Å². The van der Waals surface area contributed by atoms with Gasteiger partial charge in [0.2, 0.25) is 11.8 Å². The lowest BCUT2D eigenvalue weighted by atomic mass is 10.2. The second kappa shape index (κ2) is 8.68. The zero-order valence-corrected chi connectivity index (χ0v) is 14.8. The minimum Gasteiger partial charge on any atom is -0.383 e. The fourth-order valence-electron chi connectivity index (χ4n) is 2.85. The Morgan fingerprint density at radius 2 is 1.92 bits per heavy atom. The normalized spacial score (nSPS) is 14.6. The lowest BCUT2D eigenvalue weighted by molar-refractivity contribution is -0.140. The highest BCUT2D eigenvalue weighted by Gasteiger charge is 2.23. The lowest BCUT2D eigenvalue weighted by Gasteiger charge is -2.37. The number of amides is 2. The SMILES string of the molecule is COCCN(CC(=O)N1CCN(c2cccc(C)c2)CC1)C(C)=O. The zero-order valence-electron chi connectivity index (χ0n) is 14.8. The van der Waals surface area contributed by atoms with Crippen molar-refractivity contribution in [3.63, 3.8) is 0 Å². The summed E-state index contributed by atoms with van der Waals surface area (Å²) >= 11 is 0. The van der Waals surface area contributed by atoms with Crippen LogP contribution in [0.4, 0.5) is 5.69 Å². The van der Waals surface area contributed by atoms with Gasteiger partial charge in [0.15, 0.2) is 0 Å². The smallest absolute Gasteiger partial charge is 0.242 e. The van der Waals surface area contributed by atoms with Crippen molar-refractivity contribution in [2.75, 3.05) is 57.9 Å². The molecule has 1 saturated heterocycles. The summed E-state index contributed by atoms with van der Waals surface area (Å²) in [6.07, 6.45) is 0. The number of aryl methyl sites for hydroxylation is 1. The summed E-state index contributed by atoms with van der Waals surface area (Å²) in [5.41, 5.74) is 2.44. The van der Waals surface area contributed by atoms with Gasteiger partial charge in [-0.1, -0.05) is 12.1 Å². The summed E-state index contributed by atoms with van der Waals surface area (Å²) in [5.74, 6) is -0.0935. The molecule has 1 aromatic rings. The van der Waals surface area contributed by atoms with Crippen LogP contribution in [-0.2, 0) is 14.3 Å². The van der Waals surface area contributed by atoms with Gasteiger partial charge < -0.3 is 19.4 Å². The van der Waals surface area contributed by atoms with Gasteiger partial charge in [-0.25, -0.2) is 0 Å². The maximum absolute atomic E-state index is 12.4. The predicted octanol–water partition coefficient (Wildman–Crippen LogP) is 1.14. The van der Waals surface area contributed by atoms with E-state index in [2.05, 4.69) is 36.1 Å². The molecule has 0 radical (unpaired) electrons. The first kappa shape index (κ1) is 18.3. The maximum atomic E-state index is 12.4. The lowest BCUT2D eigenvalue weighted by Crippen LogP contribution is -2.52. The molecule has 6 heteroatoms. The van der Waals surface area contributed by atoms with Crippen molar-refractivity contribution in [3.05, 3.63) is 29.8 Å². The molecule has 24 heavy (non-hydrogen) atoms. The van der Waals surface area contributed by atoms with Gasteiger partial charge in [-0.15, -0.1) is 0 Å². The summed E-state index contributed by atoms with van der Waals surface area (Å²) in [5, 5.41) is 0. The Balaban J connectivity index is 1.86. The number of carbonyl (C=O) groups excluding carboxylic acids is 2. The number of hydrogen-bond acceptors (Lipinski definition) is 4. The molecular formula is C18H27N3O3. The van der Waals surface area contributed by atoms with E-state index in [-0.39, 0.29) is 18.4 Å². The molecule has 0 N–H and O–H groups in total. The van der Waals surface area contributed by atoms with Crippen LogP contribution in [0.1, 0.15) is 12.5 Å². The van der Waals surface area contributed by atoms with E-state index in [0.29, 0.717) is 26.2 Å². The third-order valence-electron chi connectivity index (χ3n) is 4.34. The predicted molar refractivity (Wildman–Crippen MR) is 94.1 cm³/mol. The van der Waals surface area contributed by atoms with Crippen molar-refractivity contribution in [3.8, 4) is 0 Å². The molecule has 1 aliphatic rings. The average Bonchev–Trinajstić information content (AvgIpc) is 2.58. The van der Waals surface area contributed by atoms with Gasteiger partial charge >= 0.3 is 0 Å². The number of piperazine rings is 1. The summed E-state index contributed by atoms with van der Waals surface area (Å²) < 4.78 is 5.00. The van der Waals surface area contributed by atoms with E-state index in [1.807, 2.05) is 4.90 Å². The molecule has 2 rings (SSSR count). The van der Waals surface area contributed by atoms with Crippen molar-refractivity contribution in [1.82, 2.24) is 9.80 Å². The molecule has 0 aromatic heterocycles. The Labute approximate surface area is 144 Å². The average molecular weight is 333 g/mol. The number of carbonyl (C=O) groups is 2. The number of rotatable bonds is 6. The number of hydrogen-bond donors (Lipinski definition) is 0. The van der Waals surface area contributed by atoms with Crippen LogP contribution in [0, 0.1) is 6.92 Å². The van der Waals surface area contributed by atoms with Gasteiger partial charge in [-0.3, -0.25) is 9.59 Å². The van der Waals surface area contributed by atoms with Gasteiger partial charge in [0, 0.05) is 52.4 Å². The van der Waals surface area contributed by atoms with Crippen molar-refractivity contribution >= 4 is 17.5 Å². The fraction of sp³-hybridized carbons (Fsp3) is 0.556. The minimum absolute atomic E-state index is 0.00481. The number of anilines is 1. The van der Waals surface area contributed by atoms with E-state index in [0.717, 1.165) is 13.1 Å². The third kappa shape index (κ3) is 4.96. The fourth-order valence-corrected chi connectivity index (χ4v) is 2.85. The summed E-state index contributed by atoms with van der Waals surface area (Å²) in [6.45, 7) is 7.57. The van der Waals surface area contributed by atoms with Crippen LogP contribution in [0.25, 0.3) is 0 Å². The quantitative estimate of drug-likeness (QED) is 0.783. The summed E-state index contributed by atoms with van der Waals surface area (Å²) in [6, 6.07) is 8.41. The van der Waals surface area contributed by atoms with Gasteiger partial charge in [0.05, 0.1) is 13.2 Å². The molecule has 1 heterocycles. The molecule has 0 bridgehead atoms. The highest BCUT2D eigenvalue weighted by Crippen LogP contribution is 2.17. The first-order valence-electron chi connectivity index (χ1n) is 8.35. The second-order valence-electron chi connectivity index (χ2n) is 6.14. The Morgan fingerprint density at radius 3 is 2.50 bits per heavy atom. The van der Waals surface area contributed by atoms with Crippen molar-refractivity contribution in [2.24, 2.45) is 0 Å². The van der Waals surface area contributed by atoms with Crippen molar-refractivity contribution in [2.45, 2.75) is 13.8 Å². The largest absolute Gasteiger partial charge is 0.383 e. The van der Waals surface area contributed by atoms with E-state index in [4.69, 9.17) is 4.74 Å². The van der Waals surface area contributed by atoms with E-state index < -0.39 is 0 Å². The Hall–Kier alpha value is -2.08. The highest BCUT2D eigenvalue weighted by molar-refractivity contribution is 5.84. The van der Waals surface area contributed by atoms with Crippen LogP contribution >= 0.6 is 0 Å². The van der Waals surface area contributed by atoms with Crippen LogP contribution < -0.4 is 4.90 Å². The van der Waals surface area contributed by atoms with Crippen LogP contribution in [0.15, 0.2) is 24.3 Å². The first-order valence-corrected chi connectivity index (χ1v) is 8.35. The number of methoxy groups -OCH3 is 1. The minimum atomic E-state index is -0.0983. The van der Waals surface area contributed by atoms with Gasteiger partial charge in [-0.05, 0) is 24.6 Å². The molecule has 0 atom stereocenters. The van der Waals surface area contributed by atoms with Crippen LogP contribution in [0.3, 0.4) is 0 Å². The van der Waals surface area contributed by atoms with Crippen molar-refractivity contribution < 1.29 is 14.3 Å². The van der Waals surface area contributed by atoms with E-state index in [9.17, 15) is 9.59 Å². The van der Waals surface area contributed by atoms with E-state index in [1.54, 1.807) is 12.0 Å². The Kier molecular flexibility index (Phi) is 6.61. The Bertz CT molecular complexity index is 568. The Morgan fingerprint density at radius 1 is 1.21 bits per heavy atom. The summed E-state index contributed by atoms with van der Waals surface area (Å²) in [7, 11) is 1.59. The van der Waals surface area contributed by atoms with Crippen LogP contribution in [0.2, 0.25) is 0 Å². The topological polar surface area (TPSA) is 53.1 Å². The molecule has 0 unspecified atom stereocenters. The molecule has 1 fully saturated rings. The zero-order chi connectivity index (χ0) is 17.5. The highest BCUT2D eigenvalue weighted by atomic mass is 16.5. The van der Waals surface area contributed by atoms with Gasteiger partial charge in [-0.2, -0.15) is 0 Å². The summed E-state index contributed by atoms with van der Waals surface area (Å²) in [4.78, 5) is 29.8. The standard InChI is InChI=1S/C18H27N3O3/c1-15-5-4-6-17(13-15)19-7-9-20(10-8-19)18(23)14-21(16(2)22)11-12-24-3/h4-6,13H,7-12,14H2,1-3H3. The number of benzene rings is 1. The van der Waals surface area contributed by atoms with Gasteiger partial charge in [0.1, 0.15) is 0 Å². The molecule has 0 aliphatic carbocycles. The molecule has 0 spiro atoms. The molecule has 2 amide bonds. The van der Waals surface area contributed by atoms with E-state index >= 15 is 0 Å². The monoisotopic (exact) mass is 333 g/mol. The van der Waals surface area contributed by atoms with Crippen LogP contribution in [0.5, 0.6) is 0 Å². The third-order valence-corrected chi connectivity index (χ3v) is 4.34. The molecule has 1 aromatic carbocycles.